The van der Waals surface area contributed by atoms with Crippen LogP contribution in [0.15, 0.2) is 16.5 Å². The molecule has 1 heterocycles. The maximum absolute atomic E-state index is 11.2. The molecule has 0 aliphatic rings. The molecule has 0 atom stereocenters. The van der Waals surface area contributed by atoms with E-state index >= 15 is 0 Å². The van der Waals surface area contributed by atoms with Gasteiger partial charge in [-0.1, -0.05) is 0 Å². The highest BCUT2D eigenvalue weighted by Gasteiger charge is 2.06. The maximum Gasteiger partial charge on any atom is 0.241 e. The fourth-order valence-electron chi connectivity index (χ4n) is 1.03. The Balaban J connectivity index is 2.45. The molecule has 0 fully saturated rings. The first-order chi connectivity index (χ1) is 6.08. The van der Waals surface area contributed by atoms with Crippen molar-refractivity contribution in [3.63, 3.8) is 0 Å². The summed E-state index contributed by atoms with van der Waals surface area (Å²) in [4.78, 5) is 11.2. The number of carbonyl (C=O) groups excluding carboxylic acids is 1. The molecule has 1 N–H and O–H groups in total. The van der Waals surface area contributed by atoms with Gasteiger partial charge in [0.15, 0.2) is 0 Å². The minimum absolute atomic E-state index is 0.0700. The highest BCUT2D eigenvalue weighted by molar-refractivity contribution is 5.77. The average molecular weight is 182 g/mol. The smallest absolute Gasteiger partial charge is 0.241 e. The van der Waals surface area contributed by atoms with Gasteiger partial charge in [0.1, 0.15) is 11.5 Å². The Labute approximate surface area is 77.5 Å². The highest BCUT2D eigenvalue weighted by atomic mass is 16.3. The quantitative estimate of drug-likeness (QED) is 0.701. The molecule has 72 valence electrons. The summed E-state index contributed by atoms with van der Waals surface area (Å²) in [6.45, 7) is 1.85. The van der Waals surface area contributed by atoms with Crippen LogP contribution in [0.5, 0.6) is 0 Å². The van der Waals surface area contributed by atoms with E-state index in [1.54, 1.807) is 19.1 Å². The lowest BCUT2D eigenvalue weighted by molar-refractivity contribution is -0.124. The Morgan fingerprint density at radius 2 is 2.23 bits per heavy atom. The van der Waals surface area contributed by atoms with Crippen LogP contribution in [-0.2, 0) is 11.2 Å². The molecule has 0 spiro atoms. The van der Waals surface area contributed by atoms with Gasteiger partial charge in [-0.15, -0.1) is 0 Å². The van der Waals surface area contributed by atoms with Gasteiger partial charge in [-0.05, 0) is 19.1 Å². The molecule has 0 aliphatic carbocycles. The summed E-state index contributed by atoms with van der Waals surface area (Å²) in [6, 6.07) is 3.66. The second-order valence-corrected chi connectivity index (χ2v) is 3.12. The molecule has 1 rings (SSSR count). The van der Waals surface area contributed by atoms with E-state index < -0.39 is 0 Å². The Kier molecular flexibility index (Phi) is 3.08. The van der Waals surface area contributed by atoms with Gasteiger partial charge in [-0.3, -0.25) is 10.2 Å². The van der Waals surface area contributed by atoms with Crippen LogP contribution in [0.3, 0.4) is 0 Å². The lowest BCUT2D eigenvalue weighted by atomic mass is 10.3. The van der Waals surface area contributed by atoms with Crippen molar-refractivity contribution in [3.05, 3.63) is 23.7 Å². The summed E-state index contributed by atoms with van der Waals surface area (Å²) in [6.07, 6.45) is 0.284. The summed E-state index contributed by atoms with van der Waals surface area (Å²) < 4.78 is 5.26. The first kappa shape index (κ1) is 9.80. The summed E-state index contributed by atoms with van der Waals surface area (Å²) in [5.74, 6) is 1.45. The van der Waals surface area contributed by atoms with Gasteiger partial charge in [0, 0.05) is 14.1 Å². The topological polar surface area (TPSA) is 45.5 Å². The molecule has 4 nitrogen and oxygen atoms in total. The third-order valence-corrected chi connectivity index (χ3v) is 1.48. The molecule has 0 radical (unpaired) electrons. The molecule has 0 unspecified atom stereocenters. The zero-order valence-corrected chi connectivity index (χ0v) is 8.13. The zero-order valence-electron chi connectivity index (χ0n) is 8.13. The van der Waals surface area contributed by atoms with Gasteiger partial charge >= 0.3 is 0 Å². The van der Waals surface area contributed by atoms with Gasteiger partial charge in [-0.25, -0.2) is 5.01 Å². The minimum Gasteiger partial charge on any atom is -0.466 e. The van der Waals surface area contributed by atoms with E-state index in [9.17, 15) is 4.79 Å². The van der Waals surface area contributed by atoms with Crippen LogP contribution in [0.4, 0.5) is 0 Å². The first-order valence-electron chi connectivity index (χ1n) is 4.10. The van der Waals surface area contributed by atoms with Crippen LogP contribution in [0.25, 0.3) is 0 Å². The number of furan rings is 1. The van der Waals surface area contributed by atoms with E-state index in [2.05, 4.69) is 5.43 Å². The van der Waals surface area contributed by atoms with Crippen molar-refractivity contribution in [2.24, 2.45) is 0 Å². The molecule has 1 amide bonds. The van der Waals surface area contributed by atoms with E-state index in [-0.39, 0.29) is 12.3 Å². The van der Waals surface area contributed by atoms with Gasteiger partial charge in [0.05, 0.1) is 6.42 Å². The molecule has 0 aliphatic heterocycles. The van der Waals surface area contributed by atoms with Crippen molar-refractivity contribution in [2.75, 3.05) is 14.1 Å². The van der Waals surface area contributed by atoms with Crippen molar-refractivity contribution in [1.82, 2.24) is 10.4 Å². The number of hydrogen-bond donors (Lipinski definition) is 1. The third kappa shape index (κ3) is 3.29. The van der Waals surface area contributed by atoms with Gasteiger partial charge in [-0.2, -0.15) is 0 Å². The van der Waals surface area contributed by atoms with Crippen molar-refractivity contribution in [3.8, 4) is 0 Å². The van der Waals surface area contributed by atoms with Crippen LogP contribution in [0.2, 0.25) is 0 Å². The van der Waals surface area contributed by atoms with Crippen LogP contribution < -0.4 is 5.43 Å². The highest BCUT2D eigenvalue weighted by Crippen LogP contribution is 2.06. The molecule has 0 saturated heterocycles. The SMILES string of the molecule is Cc1ccc(CC(=O)NN(C)C)o1. The second kappa shape index (κ2) is 4.09. The molecular weight excluding hydrogens is 168 g/mol. The number of nitrogens with one attached hydrogen (secondary N) is 1. The van der Waals surface area contributed by atoms with Crippen molar-refractivity contribution >= 4 is 5.91 Å². The molecule has 1 aromatic rings. The fraction of sp³-hybridized carbons (Fsp3) is 0.444. The van der Waals surface area contributed by atoms with E-state index in [1.807, 2.05) is 19.1 Å². The molecular formula is C9H14N2O2. The average Bonchev–Trinajstić information content (AvgIpc) is 2.33. The predicted molar refractivity (Wildman–Crippen MR) is 49.0 cm³/mol. The lowest BCUT2D eigenvalue weighted by Crippen LogP contribution is -2.37. The van der Waals surface area contributed by atoms with Crippen LogP contribution >= 0.6 is 0 Å². The number of amides is 1. The molecule has 0 bridgehead atoms. The number of carbonyl (C=O) groups is 1. The van der Waals surface area contributed by atoms with Gasteiger partial charge in [0.25, 0.3) is 0 Å². The number of aryl methyl sites for hydroxylation is 1. The number of hydrogen-bond acceptors (Lipinski definition) is 3. The molecule has 0 saturated carbocycles. The summed E-state index contributed by atoms with van der Waals surface area (Å²) in [5.41, 5.74) is 2.63. The van der Waals surface area contributed by atoms with E-state index in [4.69, 9.17) is 4.42 Å². The Morgan fingerprint density at radius 1 is 1.54 bits per heavy atom. The zero-order chi connectivity index (χ0) is 9.84. The van der Waals surface area contributed by atoms with Gasteiger partial charge in [0.2, 0.25) is 5.91 Å². The number of rotatable bonds is 3. The maximum atomic E-state index is 11.2. The van der Waals surface area contributed by atoms with E-state index in [0.717, 1.165) is 5.76 Å². The van der Waals surface area contributed by atoms with Crippen molar-refractivity contribution in [2.45, 2.75) is 13.3 Å². The molecule has 0 aromatic carbocycles. The second-order valence-electron chi connectivity index (χ2n) is 3.12. The molecule has 4 heteroatoms. The number of hydrazine groups is 1. The third-order valence-electron chi connectivity index (χ3n) is 1.48. The Bertz CT molecular complexity index is 292. The fourth-order valence-corrected chi connectivity index (χ4v) is 1.03. The van der Waals surface area contributed by atoms with Crippen LogP contribution in [0, 0.1) is 6.92 Å². The summed E-state index contributed by atoms with van der Waals surface area (Å²) >= 11 is 0. The standard InChI is InChI=1S/C9H14N2O2/c1-7-4-5-8(13-7)6-9(12)10-11(2)3/h4-5H,6H2,1-3H3,(H,10,12). The minimum atomic E-state index is -0.0700. The van der Waals surface area contributed by atoms with Crippen LogP contribution in [0.1, 0.15) is 11.5 Å². The molecule has 13 heavy (non-hydrogen) atoms. The predicted octanol–water partition coefficient (Wildman–Crippen LogP) is 0.723. The Hall–Kier alpha value is -1.29. The first-order valence-corrected chi connectivity index (χ1v) is 4.10. The van der Waals surface area contributed by atoms with Gasteiger partial charge < -0.3 is 4.42 Å². The Morgan fingerprint density at radius 3 is 2.69 bits per heavy atom. The van der Waals surface area contributed by atoms with E-state index in [0.29, 0.717) is 5.76 Å². The monoisotopic (exact) mass is 182 g/mol. The van der Waals surface area contributed by atoms with Crippen molar-refractivity contribution < 1.29 is 9.21 Å². The van der Waals surface area contributed by atoms with Crippen molar-refractivity contribution in [1.29, 1.82) is 0 Å². The van der Waals surface area contributed by atoms with Crippen LogP contribution in [-0.4, -0.2) is 25.0 Å². The summed E-state index contributed by atoms with van der Waals surface area (Å²) in [5, 5.41) is 1.61. The van der Waals surface area contributed by atoms with E-state index in [1.165, 1.54) is 0 Å². The summed E-state index contributed by atoms with van der Waals surface area (Å²) in [7, 11) is 3.54. The lowest BCUT2D eigenvalue weighted by Gasteiger charge is -2.10. The number of nitrogens with zero attached hydrogens (tertiary/aromatic N) is 1. The molecule has 1 aromatic heterocycles. The largest absolute Gasteiger partial charge is 0.466 e. The normalized spacial score (nSPS) is 10.5.